The molecule has 33 heavy (non-hydrogen) atoms. The fraction of sp³-hybridized carbons (Fsp3) is 0.174. The molecule has 0 bridgehead atoms. The standard InChI is InChI=1S/C23H21N5O5/c1-14-16(12-24)23(30)28(17-7-5-6-8-18(17)31-2)27-21(14)22(29)26-25-13-15-9-10-19(32-3)20(11-15)33-4/h5-11,13H,1-4H3,(H,26,29)/b25-13+. The van der Waals surface area contributed by atoms with Gasteiger partial charge in [-0.05, 0) is 42.8 Å². The lowest BCUT2D eigenvalue weighted by Crippen LogP contribution is -2.31. The molecule has 0 spiro atoms. The SMILES string of the molecule is COc1ccc(/C=N/NC(=O)c2nn(-c3ccccc3OC)c(=O)c(C#N)c2C)cc1OC. The summed E-state index contributed by atoms with van der Waals surface area (Å²) in [6, 6.07) is 13.6. The first-order valence-electron chi connectivity index (χ1n) is 9.68. The highest BCUT2D eigenvalue weighted by atomic mass is 16.5. The summed E-state index contributed by atoms with van der Waals surface area (Å²) in [4.78, 5) is 25.6. The Hall–Kier alpha value is -4.65. The van der Waals surface area contributed by atoms with Crippen molar-refractivity contribution in [3.8, 4) is 29.0 Å². The summed E-state index contributed by atoms with van der Waals surface area (Å²) in [5.41, 5.74) is 2.47. The van der Waals surface area contributed by atoms with Gasteiger partial charge in [0.2, 0.25) is 0 Å². The Morgan fingerprint density at radius 1 is 1.09 bits per heavy atom. The highest BCUT2D eigenvalue weighted by Gasteiger charge is 2.21. The molecule has 10 heteroatoms. The fourth-order valence-electron chi connectivity index (χ4n) is 3.07. The third-order valence-corrected chi connectivity index (χ3v) is 4.76. The van der Waals surface area contributed by atoms with Gasteiger partial charge in [0.1, 0.15) is 23.1 Å². The summed E-state index contributed by atoms with van der Waals surface area (Å²) in [5, 5.41) is 17.6. The number of amides is 1. The monoisotopic (exact) mass is 447 g/mol. The number of para-hydroxylation sites is 2. The van der Waals surface area contributed by atoms with E-state index in [0.717, 1.165) is 4.68 Å². The van der Waals surface area contributed by atoms with E-state index < -0.39 is 11.5 Å². The number of carbonyl (C=O) groups excluding carboxylic acids is 1. The molecule has 3 aromatic rings. The Morgan fingerprint density at radius 3 is 2.45 bits per heavy atom. The van der Waals surface area contributed by atoms with Crippen molar-refractivity contribution in [2.75, 3.05) is 21.3 Å². The first kappa shape index (κ1) is 23.0. The predicted octanol–water partition coefficient (Wildman–Crippen LogP) is 2.20. The van der Waals surface area contributed by atoms with Crippen LogP contribution in [0.5, 0.6) is 17.2 Å². The lowest BCUT2D eigenvalue weighted by molar-refractivity contribution is 0.0947. The zero-order chi connectivity index (χ0) is 24.0. The number of nitrogens with one attached hydrogen (secondary N) is 1. The van der Waals surface area contributed by atoms with Gasteiger partial charge in [-0.3, -0.25) is 9.59 Å². The zero-order valence-electron chi connectivity index (χ0n) is 18.4. The number of ether oxygens (including phenoxy) is 3. The molecule has 0 unspecified atom stereocenters. The van der Waals surface area contributed by atoms with E-state index in [9.17, 15) is 14.9 Å². The van der Waals surface area contributed by atoms with Gasteiger partial charge in [0.15, 0.2) is 17.2 Å². The minimum Gasteiger partial charge on any atom is -0.494 e. The molecule has 10 nitrogen and oxygen atoms in total. The molecule has 1 amide bonds. The molecule has 3 rings (SSSR count). The van der Waals surface area contributed by atoms with E-state index in [0.29, 0.717) is 28.5 Å². The van der Waals surface area contributed by atoms with Crippen LogP contribution in [0.25, 0.3) is 5.69 Å². The molecule has 1 N–H and O–H groups in total. The molecule has 1 aromatic heterocycles. The van der Waals surface area contributed by atoms with Crippen LogP contribution < -0.4 is 25.2 Å². The van der Waals surface area contributed by atoms with Gasteiger partial charge in [-0.25, -0.2) is 5.43 Å². The maximum Gasteiger partial charge on any atom is 0.292 e. The van der Waals surface area contributed by atoms with Gasteiger partial charge in [-0.1, -0.05) is 12.1 Å². The molecule has 0 saturated carbocycles. The predicted molar refractivity (Wildman–Crippen MR) is 120 cm³/mol. The number of methoxy groups -OCH3 is 3. The van der Waals surface area contributed by atoms with Crippen LogP contribution in [0.2, 0.25) is 0 Å². The lowest BCUT2D eigenvalue weighted by atomic mass is 10.1. The maximum atomic E-state index is 12.8. The summed E-state index contributed by atoms with van der Waals surface area (Å²) >= 11 is 0. The van der Waals surface area contributed by atoms with Crippen molar-refractivity contribution in [1.29, 1.82) is 5.26 Å². The van der Waals surface area contributed by atoms with Crippen LogP contribution >= 0.6 is 0 Å². The fourth-order valence-corrected chi connectivity index (χ4v) is 3.07. The molecule has 0 fully saturated rings. The van der Waals surface area contributed by atoms with Gasteiger partial charge in [-0.15, -0.1) is 0 Å². The minimum absolute atomic E-state index is 0.124. The van der Waals surface area contributed by atoms with Crippen LogP contribution in [0.15, 0.2) is 52.4 Å². The van der Waals surface area contributed by atoms with E-state index in [1.54, 1.807) is 42.5 Å². The van der Waals surface area contributed by atoms with Crippen molar-refractivity contribution >= 4 is 12.1 Å². The lowest BCUT2D eigenvalue weighted by Gasteiger charge is -2.13. The van der Waals surface area contributed by atoms with Crippen LogP contribution in [0.3, 0.4) is 0 Å². The van der Waals surface area contributed by atoms with Crippen molar-refractivity contribution in [2.24, 2.45) is 5.10 Å². The van der Waals surface area contributed by atoms with E-state index in [4.69, 9.17) is 14.2 Å². The molecule has 0 aliphatic carbocycles. The van der Waals surface area contributed by atoms with E-state index in [1.165, 1.54) is 34.5 Å². The molecule has 0 aliphatic heterocycles. The summed E-state index contributed by atoms with van der Waals surface area (Å²) in [5.74, 6) is 0.732. The summed E-state index contributed by atoms with van der Waals surface area (Å²) < 4.78 is 16.7. The van der Waals surface area contributed by atoms with Crippen LogP contribution in [-0.4, -0.2) is 43.2 Å². The zero-order valence-corrected chi connectivity index (χ0v) is 18.4. The number of nitriles is 1. The molecule has 0 aliphatic rings. The number of hydrogen-bond donors (Lipinski definition) is 1. The highest BCUT2D eigenvalue weighted by Crippen LogP contribution is 2.27. The van der Waals surface area contributed by atoms with Crippen LogP contribution in [0.4, 0.5) is 0 Å². The maximum absolute atomic E-state index is 12.8. The van der Waals surface area contributed by atoms with Crippen LogP contribution in [0.1, 0.15) is 27.2 Å². The molecule has 0 atom stereocenters. The summed E-state index contributed by atoms with van der Waals surface area (Å²) in [6.45, 7) is 1.48. The summed E-state index contributed by atoms with van der Waals surface area (Å²) in [6.07, 6.45) is 1.41. The van der Waals surface area contributed by atoms with Gasteiger partial charge in [-0.2, -0.15) is 20.1 Å². The number of carbonyl (C=O) groups is 1. The molecular formula is C23H21N5O5. The van der Waals surface area contributed by atoms with Crippen molar-refractivity contribution in [2.45, 2.75) is 6.92 Å². The Bertz CT molecular complexity index is 1320. The molecular weight excluding hydrogens is 426 g/mol. The van der Waals surface area contributed by atoms with Crippen molar-refractivity contribution in [1.82, 2.24) is 15.2 Å². The molecule has 2 aromatic carbocycles. The third kappa shape index (κ3) is 4.67. The number of aromatic nitrogens is 2. The second-order valence-corrected chi connectivity index (χ2v) is 6.66. The van der Waals surface area contributed by atoms with Gasteiger partial charge < -0.3 is 14.2 Å². The minimum atomic E-state index is -0.690. The quantitative estimate of drug-likeness (QED) is 0.434. The number of hydrogen-bond acceptors (Lipinski definition) is 8. The number of rotatable bonds is 7. The van der Waals surface area contributed by atoms with E-state index in [1.807, 2.05) is 6.07 Å². The number of hydrazone groups is 1. The van der Waals surface area contributed by atoms with Gasteiger partial charge in [0.25, 0.3) is 11.5 Å². The Balaban J connectivity index is 1.96. The first-order valence-corrected chi connectivity index (χ1v) is 9.68. The highest BCUT2D eigenvalue weighted by molar-refractivity contribution is 5.94. The third-order valence-electron chi connectivity index (χ3n) is 4.76. The second kappa shape index (κ2) is 10.1. The first-order chi connectivity index (χ1) is 15.9. The van der Waals surface area contributed by atoms with Gasteiger partial charge >= 0.3 is 0 Å². The van der Waals surface area contributed by atoms with E-state index in [2.05, 4.69) is 15.6 Å². The van der Waals surface area contributed by atoms with Gasteiger partial charge in [0.05, 0.1) is 27.5 Å². The largest absolute Gasteiger partial charge is 0.494 e. The van der Waals surface area contributed by atoms with Crippen LogP contribution in [0, 0.1) is 18.3 Å². The average molecular weight is 447 g/mol. The number of benzene rings is 2. The Morgan fingerprint density at radius 2 is 1.79 bits per heavy atom. The van der Waals surface area contributed by atoms with Crippen molar-refractivity contribution < 1.29 is 19.0 Å². The smallest absolute Gasteiger partial charge is 0.292 e. The molecule has 1 heterocycles. The topological polar surface area (TPSA) is 128 Å². The number of nitrogens with zero attached hydrogens (tertiary/aromatic N) is 4. The average Bonchev–Trinajstić information content (AvgIpc) is 2.84. The van der Waals surface area contributed by atoms with Crippen LogP contribution in [-0.2, 0) is 0 Å². The molecule has 168 valence electrons. The van der Waals surface area contributed by atoms with E-state index >= 15 is 0 Å². The van der Waals surface area contributed by atoms with Gasteiger partial charge in [0, 0.05) is 5.56 Å². The second-order valence-electron chi connectivity index (χ2n) is 6.66. The Kier molecular flexibility index (Phi) is 7.05. The molecule has 0 saturated heterocycles. The van der Waals surface area contributed by atoms with E-state index in [-0.39, 0.29) is 16.8 Å². The molecule has 0 radical (unpaired) electrons. The van der Waals surface area contributed by atoms with Crippen molar-refractivity contribution in [3.05, 3.63) is 75.2 Å². The Labute approximate surface area is 189 Å². The summed E-state index contributed by atoms with van der Waals surface area (Å²) in [7, 11) is 4.49. The van der Waals surface area contributed by atoms with Crippen molar-refractivity contribution in [3.63, 3.8) is 0 Å². The normalized spacial score (nSPS) is 10.5.